The molecule has 0 saturated heterocycles. The number of rotatable bonds is 18. The van der Waals surface area contributed by atoms with Crippen molar-refractivity contribution in [1.82, 2.24) is 0 Å². The second-order valence-corrected chi connectivity index (χ2v) is 10.6. The Morgan fingerprint density at radius 2 is 1.49 bits per heavy atom. The van der Waals surface area contributed by atoms with Crippen molar-refractivity contribution in [3.8, 4) is 17.2 Å². The van der Waals surface area contributed by atoms with Crippen molar-refractivity contribution >= 4 is 26.1 Å². The Morgan fingerprint density at radius 3 is 2.03 bits per heavy atom. The fourth-order valence-electron chi connectivity index (χ4n) is 2.54. The van der Waals surface area contributed by atoms with Crippen LogP contribution in [-0.4, -0.2) is 65.2 Å². The molecule has 0 heterocycles. The lowest BCUT2D eigenvalue weighted by molar-refractivity contribution is 0.0992. The van der Waals surface area contributed by atoms with Crippen LogP contribution in [0, 0.1) is 0 Å². The second-order valence-electron chi connectivity index (χ2n) is 7.32. The highest BCUT2D eigenvalue weighted by Gasteiger charge is 2.20. The highest BCUT2D eigenvalue weighted by Crippen LogP contribution is 2.39. The van der Waals surface area contributed by atoms with Crippen LogP contribution in [0.25, 0.3) is 0 Å². The fourth-order valence-corrected chi connectivity index (χ4v) is 3.59. The molecule has 0 spiro atoms. The van der Waals surface area contributed by atoms with Gasteiger partial charge >= 0.3 is 0 Å². The van der Waals surface area contributed by atoms with Gasteiger partial charge in [0.1, 0.15) is 0 Å². The number of hydrogen-bond donors (Lipinski definition) is 2. The minimum Gasteiger partial charge on any atom is -0.490 e. The summed E-state index contributed by atoms with van der Waals surface area (Å²) < 4.78 is 74.8. The predicted molar refractivity (Wildman–Crippen MR) is 127 cm³/mol. The standard InChI is InChI=1S/C20H33N3O10S2/c1-3-5-9-30-17-14-16(20(24)23-22-8-4-2)15-18(31-10-7-13-35(28,29)33-21)19(17)32-11-6-12-34(25,26)27/h14-15H,3-13,21H2,1-2H3,(H,25,26,27). The van der Waals surface area contributed by atoms with Gasteiger partial charge in [0, 0.05) is 0 Å². The molecule has 0 aliphatic rings. The molecular formula is C20H33N3O10S2. The molecule has 0 aliphatic heterocycles. The molecule has 0 saturated carbocycles. The third kappa shape index (κ3) is 12.8. The van der Waals surface area contributed by atoms with Crippen LogP contribution in [0.4, 0.5) is 0 Å². The van der Waals surface area contributed by atoms with E-state index in [1.54, 1.807) is 0 Å². The van der Waals surface area contributed by atoms with E-state index < -0.39 is 37.6 Å². The van der Waals surface area contributed by atoms with Gasteiger partial charge in [0.05, 0.1) is 43.4 Å². The summed E-state index contributed by atoms with van der Waals surface area (Å²) in [5.74, 6) is 3.48. The summed E-state index contributed by atoms with van der Waals surface area (Å²) in [5, 5.41) is 7.47. The van der Waals surface area contributed by atoms with E-state index in [9.17, 15) is 21.6 Å². The monoisotopic (exact) mass is 539 g/mol. The van der Waals surface area contributed by atoms with Crippen molar-refractivity contribution in [2.75, 3.05) is 37.9 Å². The Kier molecular flexibility index (Phi) is 13.7. The molecule has 0 radical (unpaired) electrons. The molecule has 1 rings (SSSR count). The quantitative estimate of drug-likeness (QED) is 0.120. The summed E-state index contributed by atoms with van der Waals surface area (Å²) in [5.41, 5.74) is 0.106. The van der Waals surface area contributed by atoms with Crippen LogP contribution < -0.4 is 20.1 Å². The first-order valence-electron chi connectivity index (χ1n) is 11.1. The van der Waals surface area contributed by atoms with Gasteiger partial charge in [0.2, 0.25) is 5.75 Å². The number of nitrogens with two attached hydrogens (primary N) is 1. The van der Waals surface area contributed by atoms with Crippen LogP contribution in [0.2, 0.25) is 0 Å². The van der Waals surface area contributed by atoms with Crippen molar-refractivity contribution in [2.45, 2.75) is 46.0 Å². The van der Waals surface area contributed by atoms with Crippen molar-refractivity contribution in [3.63, 3.8) is 0 Å². The molecule has 0 unspecified atom stereocenters. The normalized spacial score (nSPS) is 12.1. The van der Waals surface area contributed by atoms with Gasteiger partial charge < -0.3 is 14.2 Å². The van der Waals surface area contributed by atoms with Crippen molar-refractivity contribution in [1.29, 1.82) is 0 Å². The molecule has 1 aromatic carbocycles. The zero-order valence-corrected chi connectivity index (χ0v) is 21.5. The summed E-state index contributed by atoms with van der Waals surface area (Å²) >= 11 is 0. The SMILES string of the molecule is CCCCOc1cc(C(=O)N=NCCC)cc(OCCCS(=O)(=O)ON)c1OCCCS(=O)(=O)O. The molecule has 0 bridgehead atoms. The molecule has 3 N–H and O–H groups in total. The van der Waals surface area contributed by atoms with Crippen LogP contribution in [-0.2, 0) is 24.5 Å². The smallest absolute Gasteiger partial charge is 0.295 e. The first-order chi connectivity index (χ1) is 16.5. The van der Waals surface area contributed by atoms with Crippen molar-refractivity contribution < 1.29 is 44.7 Å². The second kappa shape index (κ2) is 15.6. The highest BCUT2D eigenvalue weighted by atomic mass is 32.2. The molecule has 200 valence electrons. The minimum absolute atomic E-state index is 0.0160. The number of benzene rings is 1. The fraction of sp³-hybridized carbons (Fsp3) is 0.650. The average molecular weight is 540 g/mol. The number of hydrogen-bond acceptors (Lipinski definition) is 11. The molecule has 0 aliphatic carbocycles. The van der Waals surface area contributed by atoms with E-state index in [4.69, 9.17) is 24.7 Å². The van der Waals surface area contributed by atoms with E-state index in [0.29, 0.717) is 26.0 Å². The number of azo groups is 1. The van der Waals surface area contributed by atoms with Crippen LogP contribution in [0.5, 0.6) is 17.2 Å². The molecule has 15 heteroatoms. The Bertz CT molecular complexity index is 1040. The highest BCUT2D eigenvalue weighted by molar-refractivity contribution is 7.86. The van der Waals surface area contributed by atoms with Gasteiger partial charge in [-0.2, -0.15) is 32.1 Å². The zero-order valence-electron chi connectivity index (χ0n) is 19.8. The lowest BCUT2D eigenvalue weighted by Crippen LogP contribution is -2.17. The van der Waals surface area contributed by atoms with E-state index in [1.807, 2.05) is 13.8 Å². The van der Waals surface area contributed by atoms with Gasteiger partial charge in [-0.1, -0.05) is 20.3 Å². The van der Waals surface area contributed by atoms with E-state index in [-0.39, 0.29) is 48.9 Å². The Hall–Kier alpha value is -2.33. The number of ether oxygens (including phenoxy) is 3. The first-order valence-corrected chi connectivity index (χ1v) is 14.3. The molecule has 1 amide bonds. The topological polar surface area (TPSA) is 193 Å². The van der Waals surface area contributed by atoms with Gasteiger partial charge in [-0.25, -0.2) is 0 Å². The van der Waals surface area contributed by atoms with Crippen molar-refractivity contribution in [2.24, 2.45) is 16.1 Å². The number of carbonyl (C=O) groups is 1. The van der Waals surface area contributed by atoms with E-state index in [1.165, 1.54) is 12.1 Å². The summed E-state index contributed by atoms with van der Waals surface area (Å²) in [6.45, 7) is 4.32. The van der Waals surface area contributed by atoms with Crippen LogP contribution in [0.3, 0.4) is 0 Å². The maximum absolute atomic E-state index is 12.5. The third-order valence-electron chi connectivity index (χ3n) is 4.24. The molecule has 0 aromatic heterocycles. The number of amides is 1. The zero-order chi connectivity index (χ0) is 26.3. The van der Waals surface area contributed by atoms with E-state index >= 15 is 0 Å². The lowest BCUT2D eigenvalue weighted by Gasteiger charge is -2.18. The summed E-state index contributed by atoms with van der Waals surface area (Å²) in [4.78, 5) is 12.5. The van der Waals surface area contributed by atoms with E-state index in [0.717, 1.165) is 6.42 Å². The first kappa shape index (κ1) is 30.7. The molecule has 0 fully saturated rings. The average Bonchev–Trinajstić information content (AvgIpc) is 2.79. The van der Waals surface area contributed by atoms with Gasteiger partial charge in [-0.3, -0.25) is 9.35 Å². The molecule has 13 nitrogen and oxygen atoms in total. The number of unbranched alkanes of at least 4 members (excludes halogenated alkanes) is 1. The summed E-state index contributed by atoms with van der Waals surface area (Å²) in [6.07, 6.45) is 2.26. The maximum atomic E-state index is 12.5. The Morgan fingerprint density at radius 1 is 0.914 bits per heavy atom. The van der Waals surface area contributed by atoms with Crippen LogP contribution >= 0.6 is 0 Å². The summed E-state index contributed by atoms with van der Waals surface area (Å²) in [6, 6.07) is 2.77. The molecule has 35 heavy (non-hydrogen) atoms. The van der Waals surface area contributed by atoms with E-state index in [2.05, 4.69) is 14.5 Å². The van der Waals surface area contributed by atoms with Crippen LogP contribution in [0.15, 0.2) is 22.4 Å². The molecule has 1 aromatic rings. The van der Waals surface area contributed by atoms with Gasteiger partial charge in [-0.15, -0.1) is 5.11 Å². The molecule has 0 atom stereocenters. The Balaban J connectivity index is 3.23. The maximum Gasteiger partial charge on any atom is 0.295 e. The minimum atomic E-state index is -4.17. The third-order valence-corrected chi connectivity index (χ3v) is 6.13. The van der Waals surface area contributed by atoms with Gasteiger partial charge in [0.25, 0.3) is 26.1 Å². The predicted octanol–water partition coefficient (Wildman–Crippen LogP) is 2.51. The van der Waals surface area contributed by atoms with Crippen molar-refractivity contribution in [3.05, 3.63) is 17.7 Å². The number of carbonyl (C=O) groups excluding carboxylic acids is 1. The largest absolute Gasteiger partial charge is 0.490 e. The van der Waals surface area contributed by atoms with Gasteiger partial charge in [-0.05, 0) is 37.8 Å². The van der Waals surface area contributed by atoms with Crippen LogP contribution in [0.1, 0.15) is 56.3 Å². The Labute approximate surface area is 205 Å². The van der Waals surface area contributed by atoms with Gasteiger partial charge in [0.15, 0.2) is 11.5 Å². The lowest BCUT2D eigenvalue weighted by atomic mass is 10.1. The molecular weight excluding hydrogens is 506 g/mol. The summed E-state index contributed by atoms with van der Waals surface area (Å²) in [7, 11) is -8.06. The number of nitrogens with zero attached hydrogens (tertiary/aromatic N) is 2.